The number of hydrogen-bond donors (Lipinski definition) is 2. The Labute approximate surface area is 355 Å². The van der Waals surface area contributed by atoms with E-state index in [1.165, 1.54) is 116 Å². The SMILES string of the molecule is CCCCCCCCCCCCCCN(CC)CCCCOC(=O)OCCCOC(=O)CCCCC(CCCCCCCCC(=O)O)CCCCCCCCC(=O)O. The van der Waals surface area contributed by atoms with Gasteiger partial charge in [0, 0.05) is 25.7 Å². The van der Waals surface area contributed by atoms with Gasteiger partial charge in [0.05, 0.1) is 19.8 Å². The summed E-state index contributed by atoms with van der Waals surface area (Å²) in [5, 5.41) is 17.6. The summed E-state index contributed by atoms with van der Waals surface area (Å²) in [4.78, 5) is 48.2. The van der Waals surface area contributed by atoms with Gasteiger partial charge >= 0.3 is 24.1 Å². The number of carbonyl (C=O) groups is 4. The molecule has 0 aromatic carbocycles. The predicted octanol–water partition coefficient (Wildman–Crippen LogP) is 13.5. The summed E-state index contributed by atoms with van der Waals surface area (Å²) in [5.74, 6) is -0.985. The van der Waals surface area contributed by atoms with Crippen LogP contribution in [0.15, 0.2) is 0 Å². The summed E-state index contributed by atoms with van der Waals surface area (Å²) < 4.78 is 15.8. The van der Waals surface area contributed by atoms with Crippen molar-refractivity contribution in [2.45, 2.75) is 239 Å². The van der Waals surface area contributed by atoms with Crippen LogP contribution in [0.5, 0.6) is 0 Å². The molecule has 58 heavy (non-hydrogen) atoms. The minimum atomic E-state index is -0.713. The van der Waals surface area contributed by atoms with Crippen molar-refractivity contribution in [2.75, 3.05) is 39.5 Å². The van der Waals surface area contributed by atoms with Crippen LogP contribution in [-0.4, -0.2) is 78.6 Å². The van der Waals surface area contributed by atoms with Crippen LogP contribution in [0, 0.1) is 5.92 Å². The first-order valence-corrected chi connectivity index (χ1v) is 24.4. The topological polar surface area (TPSA) is 140 Å². The molecule has 10 heteroatoms. The summed E-state index contributed by atoms with van der Waals surface area (Å²) in [6.45, 7) is 8.47. The van der Waals surface area contributed by atoms with E-state index in [1.807, 2.05) is 0 Å². The van der Waals surface area contributed by atoms with E-state index in [1.54, 1.807) is 0 Å². The van der Waals surface area contributed by atoms with Crippen LogP contribution in [0.4, 0.5) is 4.79 Å². The second-order valence-corrected chi connectivity index (χ2v) is 16.8. The molecule has 0 aliphatic heterocycles. The summed E-state index contributed by atoms with van der Waals surface area (Å²) >= 11 is 0. The molecule has 0 aromatic heterocycles. The second-order valence-electron chi connectivity index (χ2n) is 16.8. The third-order valence-corrected chi connectivity index (χ3v) is 11.4. The summed E-state index contributed by atoms with van der Waals surface area (Å²) in [5.41, 5.74) is 0. The molecule has 0 aliphatic carbocycles. The Bertz CT molecular complexity index is 916. The number of unbranched alkanes of at least 4 members (excludes halogenated alkanes) is 23. The molecule has 0 saturated carbocycles. The molecular weight excluding hydrogens is 735 g/mol. The lowest BCUT2D eigenvalue weighted by Crippen LogP contribution is -2.26. The lowest BCUT2D eigenvalue weighted by Gasteiger charge is -2.20. The summed E-state index contributed by atoms with van der Waals surface area (Å²) in [6, 6.07) is 0. The maximum absolute atomic E-state index is 12.3. The fraction of sp³-hybridized carbons (Fsp3) is 0.917. The molecule has 0 aliphatic rings. The average Bonchev–Trinajstić information content (AvgIpc) is 3.20. The highest BCUT2D eigenvalue weighted by Gasteiger charge is 2.11. The van der Waals surface area contributed by atoms with Crippen LogP contribution < -0.4 is 0 Å². The monoisotopic (exact) mass is 826 g/mol. The Morgan fingerprint density at radius 1 is 0.414 bits per heavy atom. The van der Waals surface area contributed by atoms with E-state index in [9.17, 15) is 19.2 Å². The Kier molecular flexibility index (Phi) is 42.4. The number of carboxylic acid groups (broad SMARTS) is 2. The largest absolute Gasteiger partial charge is 0.508 e. The average molecular weight is 826 g/mol. The fourth-order valence-electron chi connectivity index (χ4n) is 7.68. The molecule has 0 unspecified atom stereocenters. The zero-order chi connectivity index (χ0) is 42.6. The molecule has 10 nitrogen and oxygen atoms in total. The highest BCUT2D eigenvalue weighted by Crippen LogP contribution is 2.25. The van der Waals surface area contributed by atoms with Crippen molar-refractivity contribution >= 4 is 24.1 Å². The standard InChI is InChI=1S/C48H91NO9/c1-3-5-6-7-8-9-10-11-12-17-22-29-39-49(4-2)40-30-31-41-57-48(55)58-43-32-42-56-47(54)38-28-27-35-44(33-23-18-13-15-20-25-36-45(50)51)34-24-19-14-16-21-26-37-46(52)53/h44H,3-43H2,1-2H3,(H,50,51)(H,52,53). The van der Waals surface area contributed by atoms with Crippen molar-refractivity contribution in [1.82, 2.24) is 4.90 Å². The normalized spacial score (nSPS) is 11.4. The van der Waals surface area contributed by atoms with Gasteiger partial charge in [-0.1, -0.05) is 174 Å². The van der Waals surface area contributed by atoms with Gasteiger partial charge in [0.2, 0.25) is 0 Å². The van der Waals surface area contributed by atoms with Crippen molar-refractivity contribution < 1.29 is 43.6 Å². The van der Waals surface area contributed by atoms with Gasteiger partial charge in [-0.15, -0.1) is 0 Å². The Hall–Kier alpha value is -2.36. The summed E-state index contributed by atoms with van der Waals surface area (Å²) in [6.07, 6.45) is 37.0. The van der Waals surface area contributed by atoms with Gasteiger partial charge in [-0.05, 0) is 64.1 Å². The van der Waals surface area contributed by atoms with Crippen LogP contribution in [-0.2, 0) is 28.6 Å². The molecule has 0 saturated heterocycles. The van der Waals surface area contributed by atoms with Crippen LogP contribution >= 0.6 is 0 Å². The van der Waals surface area contributed by atoms with Crippen LogP contribution in [0.3, 0.4) is 0 Å². The number of esters is 1. The van der Waals surface area contributed by atoms with Gasteiger partial charge in [0.1, 0.15) is 0 Å². The molecule has 0 spiro atoms. The molecule has 0 fully saturated rings. The number of carbonyl (C=O) groups excluding carboxylic acids is 2. The minimum Gasteiger partial charge on any atom is -0.481 e. The van der Waals surface area contributed by atoms with Crippen LogP contribution in [0.2, 0.25) is 0 Å². The van der Waals surface area contributed by atoms with Gasteiger partial charge in [-0.2, -0.15) is 0 Å². The van der Waals surface area contributed by atoms with Gasteiger partial charge in [-0.3, -0.25) is 14.4 Å². The van der Waals surface area contributed by atoms with Crippen molar-refractivity contribution in [3.63, 3.8) is 0 Å². The zero-order valence-corrected chi connectivity index (χ0v) is 37.8. The van der Waals surface area contributed by atoms with Crippen molar-refractivity contribution in [1.29, 1.82) is 0 Å². The number of rotatable bonds is 46. The van der Waals surface area contributed by atoms with E-state index in [2.05, 4.69) is 18.7 Å². The lowest BCUT2D eigenvalue weighted by molar-refractivity contribution is -0.144. The molecule has 0 radical (unpaired) electrons. The third-order valence-electron chi connectivity index (χ3n) is 11.4. The van der Waals surface area contributed by atoms with Crippen molar-refractivity contribution in [2.24, 2.45) is 5.92 Å². The van der Waals surface area contributed by atoms with Crippen LogP contribution in [0.25, 0.3) is 0 Å². The van der Waals surface area contributed by atoms with E-state index in [-0.39, 0.29) is 32.0 Å². The van der Waals surface area contributed by atoms with Gasteiger partial charge in [-0.25, -0.2) is 4.79 Å². The zero-order valence-electron chi connectivity index (χ0n) is 37.8. The maximum atomic E-state index is 12.3. The molecule has 0 heterocycles. The van der Waals surface area contributed by atoms with Crippen molar-refractivity contribution in [3.8, 4) is 0 Å². The number of ether oxygens (including phenoxy) is 3. The number of nitrogens with zero attached hydrogens (tertiary/aromatic N) is 1. The van der Waals surface area contributed by atoms with E-state index < -0.39 is 18.1 Å². The first kappa shape index (κ1) is 55.6. The molecular formula is C48H91NO9. The second kappa shape index (κ2) is 44.2. The number of hydrogen-bond acceptors (Lipinski definition) is 8. The molecule has 0 amide bonds. The van der Waals surface area contributed by atoms with Gasteiger partial charge in [0.25, 0.3) is 0 Å². The maximum Gasteiger partial charge on any atom is 0.508 e. The quantitative estimate of drug-likeness (QED) is 0.0450. The van der Waals surface area contributed by atoms with E-state index >= 15 is 0 Å². The predicted molar refractivity (Wildman–Crippen MR) is 236 cm³/mol. The first-order chi connectivity index (χ1) is 28.3. The summed E-state index contributed by atoms with van der Waals surface area (Å²) in [7, 11) is 0. The van der Waals surface area contributed by atoms with E-state index in [0.29, 0.717) is 25.4 Å². The highest BCUT2D eigenvalue weighted by atomic mass is 16.7. The number of aliphatic carboxylic acids is 2. The molecule has 0 rings (SSSR count). The number of carboxylic acids is 2. The Balaban J connectivity index is 3.94. The molecule has 0 atom stereocenters. The lowest BCUT2D eigenvalue weighted by atomic mass is 9.89. The molecule has 0 aromatic rings. The van der Waals surface area contributed by atoms with E-state index in [0.717, 1.165) is 103 Å². The van der Waals surface area contributed by atoms with Gasteiger partial charge < -0.3 is 29.3 Å². The third kappa shape index (κ3) is 43.2. The van der Waals surface area contributed by atoms with Crippen LogP contribution in [0.1, 0.15) is 239 Å². The fourth-order valence-corrected chi connectivity index (χ4v) is 7.68. The Morgan fingerprint density at radius 3 is 1.24 bits per heavy atom. The minimum absolute atomic E-state index is 0.168. The Morgan fingerprint density at radius 2 is 0.776 bits per heavy atom. The van der Waals surface area contributed by atoms with E-state index in [4.69, 9.17) is 24.4 Å². The van der Waals surface area contributed by atoms with Crippen molar-refractivity contribution in [3.05, 3.63) is 0 Å². The highest BCUT2D eigenvalue weighted by molar-refractivity contribution is 5.69. The van der Waals surface area contributed by atoms with Gasteiger partial charge in [0.15, 0.2) is 0 Å². The molecule has 0 bridgehead atoms. The smallest absolute Gasteiger partial charge is 0.481 e. The molecule has 2 N–H and O–H groups in total. The molecule has 342 valence electrons. The first-order valence-electron chi connectivity index (χ1n) is 24.4.